The molecular weight excluding hydrogens is 259 g/mol. The summed E-state index contributed by atoms with van der Waals surface area (Å²) in [5, 5.41) is 0. The quantitative estimate of drug-likeness (QED) is 0.870. The van der Waals surface area contributed by atoms with E-state index >= 15 is 0 Å². The third kappa shape index (κ3) is 2.80. The number of methoxy groups -OCH3 is 1. The van der Waals surface area contributed by atoms with Gasteiger partial charge in [-0.2, -0.15) is 0 Å². The summed E-state index contributed by atoms with van der Waals surface area (Å²) in [5.74, 6) is -3.23. The first-order valence-electron chi connectivity index (χ1n) is 5.50. The molecule has 1 heterocycles. The van der Waals surface area contributed by atoms with Gasteiger partial charge in [-0.15, -0.1) is 0 Å². The molecule has 3 nitrogen and oxygen atoms in total. The van der Waals surface area contributed by atoms with Gasteiger partial charge in [0.05, 0.1) is 6.04 Å². The first-order chi connectivity index (χ1) is 9.02. The fraction of sp³-hybridized carbons (Fsp3) is 0.231. The van der Waals surface area contributed by atoms with Crippen LogP contribution in [0.5, 0.6) is 0 Å². The summed E-state index contributed by atoms with van der Waals surface area (Å²) in [6.07, 6.45) is 0. The van der Waals surface area contributed by atoms with Gasteiger partial charge in [0.1, 0.15) is 18.1 Å². The smallest absolute Gasteiger partial charge is 0.194 e. The Labute approximate surface area is 107 Å². The van der Waals surface area contributed by atoms with E-state index in [2.05, 4.69) is 0 Å². The van der Waals surface area contributed by atoms with Crippen LogP contribution in [0.25, 0.3) is 0 Å². The molecule has 2 aromatic rings. The third-order valence-corrected chi connectivity index (χ3v) is 2.64. The van der Waals surface area contributed by atoms with E-state index in [1.807, 2.05) is 0 Å². The van der Waals surface area contributed by atoms with Gasteiger partial charge < -0.3 is 14.9 Å². The monoisotopic (exact) mass is 271 g/mol. The molecule has 0 saturated heterocycles. The van der Waals surface area contributed by atoms with E-state index in [4.69, 9.17) is 14.9 Å². The van der Waals surface area contributed by atoms with Crippen LogP contribution in [0.15, 0.2) is 28.7 Å². The van der Waals surface area contributed by atoms with Crippen molar-refractivity contribution in [2.45, 2.75) is 12.6 Å². The van der Waals surface area contributed by atoms with Crippen LogP contribution in [0, 0.1) is 17.5 Å². The van der Waals surface area contributed by atoms with Crippen molar-refractivity contribution in [2.24, 2.45) is 5.73 Å². The first-order valence-corrected chi connectivity index (χ1v) is 5.50. The maximum absolute atomic E-state index is 13.1. The minimum absolute atomic E-state index is 0.0923. The largest absolute Gasteiger partial charge is 0.462 e. The highest BCUT2D eigenvalue weighted by molar-refractivity contribution is 5.28. The average Bonchev–Trinajstić information content (AvgIpc) is 2.83. The van der Waals surface area contributed by atoms with Crippen molar-refractivity contribution in [3.05, 3.63) is 58.8 Å². The minimum atomic E-state index is -1.52. The Hall–Kier alpha value is -1.79. The molecule has 0 radical (unpaired) electrons. The SMILES string of the molecule is COCc1ccc(C(N)c2cc(F)c(F)c(F)c2)o1. The van der Waals surface area contributed by atoms with Gasteiger partial charge in [-0.05, 0) is 29.8 Å². The molecular formula is C13H12F3NO2. The molecule has 0 aliphatic heterocycles. The van der Waals surface area contributed by atoms with Gasteiger partial charge in [0.15, 0.2) is 17.5 Å². The summed E-state index contributed by atoms with van der Waals surface area (Å²) < 4.78 is 49.3. The van der Waals surface area contributed by atoms with E-state index in [0.717, 1.165) is 12.1 Å². The number of hydrogen-bond donors (Lipinski definition) is 1. The Balaban J connectivity index is 2.30. The zero-order valence-corrected chi connectivity index (χ0v) is 10.1. The lowest BCUT2D eigenvalue weighted by Crippen LogP contribution is -2.12. The molecule has 102 valence electrons. The van der Waals surface area contributed by atoms with E-state index in [1.54, 1.807) is 12.1 Å². The first kappa shape index (κ1) is 13.6. The van der Waals surface area contributed by atoms with E-state index in [0.29, 0.717) is 11.5 Å². The molecule has 0 amide bonds. The number of ether oxygens (including phenoxy) is 1. The van der Waals surface area contributed by atoms with Gasteiger partial charge in [-0.25, -0.2) is 13.2 Å². The zero-order valence-electron chi connectivity index (χ0n) is 10.1. The zero-order chi connectivity index (χ0) is 14.0. The second-order valence-electron chi connectivity index (χ2n) is 4.01. The van der Waals surface area contributed by atoms with Gasteiger partial charge in [-0.3, -0.25) is 0 Å². The van der Waals surface area contributed by atoms with Crippen molar-refractivity contribution in [2.75, 3.05) is 7.11 Å². The average molecular weight is 271 g/mol. The second kappa shape index (κ2) is 5.46. The second-order valence-corrected chi connectivity index (χ2v) is 4.01. The van der Waals surface area contributed by atoms with Crippen molar-refractivity contribution in [1.29, 1.82) is 0 Å². The summed E-state index contributed by atoms with van der Waals surface area (Å²) in [6, 6.07) is 4.05. The standard InChI is InChI=1S/C13H12F3NO2/c1-18-6-8-2-3-11(19-8)13(17)7-4-9(14)12(16)10(15)5-7/h2-5,13H,6,17H2,1H3. The van der Waals surface area contributed by atoms with Gasteiger partial charge in [0, 0.05) is 7.11 Å². The van der Waals surface area contributed by atoms with Gasteiger partial charge >= 0.3 is 0 Å². The van der Waals surface area contributed by atoms with Crippen molar-refractivity contribution in [1.82, 2.24) is 0 Å². The highest BCUT2D eigenvalue weighted by atomic mass is 19.2. The van der Waals surface area contributed by atoms with Gasteiger partial charge in [0.25, 0.3) is 0 Å². The molecule has 2 N–H and O–H groups in total. The molecule has 0 aliphatic carbocycles. The Morgan fingerprint density at radius 1 is 1.21 bits per heavy atom. The Morgan fingerprint density at radius 3 is 2.42 bits per heavy atom. The number of benzene rings is 1. The Kier molecular flexibility index (Phi) is 3.92. The molecule has 0 spiro atoms. The lowest BCUT2D eigenvalue weighted by molar-refractivity contribution is 0.162. The molecule has 1 aromatic heterocycles. The van der Waals surface area contributed by atoms with Crippen molar-refractivity contribution in [3.8, 4) is 0 Å². The molecule has 19 heavy (non-hydrogen) atoms. The third-order valence-electron chi connectivity index (χ3n) is 2.64. The van der Waals surface area contributed by atoms with Crippen molar-refractivity contribution >= 4 is 0 Å². The van der Waals surface area contributed by atoms with Crippen LogP contribution in [0.1, 0.15) is 23.1 Å². The Morgan fingerprint density at radius 2 is 1.84 bits per heavy atom. The molecule has 1 unspecified atom stereocenters. The summed E-state index contributed by atoms with van der Waals surface area (Å²) in [7, 11) is 1.51. The van der Waals surface area contributed by atoms with E-state index in [9.17, 15) is 13.2 Å². The van der Waals surface area contributed by atoms with Crippen LogP contribution >= 0.6 is 0 Å². The minimum Gasteiger partial charge on any atom is -0.462 e. The summed E-state index contributed by atoms with van der Waals surface area (Å²) in [5.41, 5.74) is 5.92. The van der Waals surface area contributed by atoms with Crippen LogP contribution in [0.3, 0.4) is 0 Å². The van der Waals surface area contributed by atoms with Gasteiger partial charge in [0.2, 0.25) is 0 Å². The van der Waals surface area contributed by atoms with E-state index in [1.165, 1.54) is 7.11 Å². The molecule has 0 bridgehead atoms. The number of hydrogen-bond acceptors (Lipinski definition) is 3. The van der Waals surface area contributed by atoms with Crippen LogP contribution < -0.4 is 5.73 Å². The van der Waals surface area contributed by atoms with Crippen molar-refractivity contribution < 1.29 is 22.3 Å². The van der Waals surface area contributed by atoms with Crippen molar-refractivity contribution in [3.63, 3.8) is 0 Å². The number of halogens is 3. The molecule has 1 atom stereocenters. The molecule has 2 rings (SSSR count). The van der Waals surface area contributed by atoms with Crippen LogP contribution in [0.4, 0.5) is 13.2 Å². The molecule has 1 aromatic carbocycles. The predicted molar refractivity (Wildman–Crippen MR) is 61.8 cm³/mol. The number of rotatable bonds is 4. The summed E-state index contributed by atoms with van der Waals surface area (Å²) >= 11 is 0. The normalized spacial score (nSPS) is 12.7. The lowest BCUT2D eigenvalue weighted by atomic mass is 10.1. The van der Waals surface area contributed by atoms with E-state index in [-0.39, 0.29) is 12.2 Å². The van der Waals surface area contributed by atoms with Gasteiger partial charge in [-0.1, -0.05) is 0 Å². The number of nitrogens with two attached hydrogens (primary N) is 1. The van der Waals surface area contributed by atoms with Crippen LogP contribution in [-0.2, 0) is 11.3 Å². The number of furan rings is 1. The Bertz CT molecular complexity index is 560. The van der Waals surface area contributed by atoms with E-state index < -0.39 is 23.5 Å². The maximum Gasteiger partial charge on any atom is 0.194 e. The molecule has 0 aliphatic rings. The molecule has 0 saturated carbocycles. The van der Waals surface area contributed by atoms with Crippen LogP contribution in [0.2, 0.25) is 0 Å². The maximum atomic E-state index is 13.1. The highest BCUT2D eigenvalue weighted by Gasteiger charge is 2.18. The fourth-order valence-corrected chi connectivity index (χ4v) is 1.70. The summed E-state index contributed by atoms with van der Waals surface area (Å²) in [6.45, 7) is 0.263. The topological polar surface area (TPSA) is 48.4 Å². The molecule has 6 heteroatoms. The summed E-state index contributed by atoms with van der Waals surface area (Å²) in [4.78, 5) is 0. The highest BCUT2D eigenvalue weighted by Crippen LogP contribution is 2.24. The molecule has 0 fully saturated rings. The van der Waals surface area contributed by atoms with Crippen LogP contribution in [-0.4, -0.2) is 7.11 Å². The fourth-order valence-electron chi connectivity index (χ4n) is 1.70. The predicted octanol–water partition coefficient (Wildman–Crippen LogP) is 2.89. The lowest BCUT2D eigenvalue weighted by Gasteiger charge is -2.10.